The topological polar surface area (TPSA) is 75.6 Å². The zero-order valence-corrected chi connectivity index (χ0v) is 13.2. The van der Waals surface area contributed by atoms with E-state index in [2.05, 4.69) is 20.5 Å². The van der Waals surface area contributed by atoms with Crippen LogP contribution in [-0.2, 0) is 17.5 Å². The highest BCUT2D eigenvalue weighted by molar-refractivity contribution is 5.94. The molecule has 0 radical (unpaired) electrons. The minimum Gasteiger partial charge on any atom is -0.325 e. The van der Waals surface area contributed by atoms with Gasteiger partial charge in [0.05, 0.1) is 22.7 Å². The maximum Gasteiger partial charge on any atom is 0.449 e. The Kier molecular flexibility index (Phi) is 3.64. The zero-order chi connectivity index (χ0) is 18.3. The van der Waals surface area contributed by atoms with E-state index in [1.807, 2.05) is 0 Å². The SMILES string of the molecule is O=C(Cn1c(C(F)(F)F)nc2ccccc21)Nc1ccc2[nH]ncc2c1. The number of carbonyl (C=O) groups excluding carboxylic acids is 1. The molecule has 1 amide bonds. The van der Waals surface area contributed by atoms with Crippen LogP contribution in [0.4, 0.5) is 18.9 Å². The molecule has 0 saturated heterocycles. The molecule has 0 aliphatic heterocycles. The lowest BCUT2D eigenvalue weighted by Crippen LogP contribution is -2.23. The predicted molar refractivity (Wildman–Crippen MR) is 89.5 cm³/mol. The summed E-state index contributed by atoms with van der Waals surface area (Å²) in [5.41, 5.74) is 1.71. The van der Waals surface area contributed by atoms with Crippen molar-refractivity contribution in [2.75, 3.05) is 5.32 Å². The van der Waals surface area contributed by atoms with Gasteiger partial charge in [0, 0.05) is 11.1 Å². The predicted octanol–water partition coefficient (Wildman–Crippen LogP) is 3.57. The van der Waals surface area contributed by atoms with Gasteiger partial charge in [-0.05, 0) is 30.3 Å². The molecule has 9 heteroatoms. The normalized spacial score (nSPS) is 12.0. The lowest BCUT2D eigenvalue weighted by atomic mass is 10.2. The number of hydrogen-bond donors (Lipinski definition) is 2. The molecule has 2 heterocycles. The van der Waals surface area contributed by atoms with Crippen molar-refractivity contribution in [3.8, 4) is 0 Å². The van der Waals surface area contributed by atoms with Crippen molar-refractivity contribution in [2.24, 2.45) is 0 Å². The summed E-state index contributed by atoms with van der Waals surface area (Å²) in [6.07, 6.45) is -3.06. The summed E-state index contributed by atoms with van der Waals surface area (Å²) in [5.74, 6) is -1.68. The average Bonchev–Trinajstić information content (AvgIpc) is 3.19. The Morgan fingerprint density at radius 2 is 2.00 bits per heavy atom. The minimum absolute atomic E-state index is 0.187. The molecule has 4 rings (SSSR count). The quantitative estimate of drug-likeness (QED) is 0.587. The third-order valence-corrected chi connectivity index (χ3v) is 3.93. The standard InChI is InChI=1S/C17H12F3N5O/c18-17(19,20)16-23-13-3-1-2-4-14(13)25(16)9-15(26)22-11-5-6-12-10(7-11)8-21-24-12/h1-8H,9H2,(H,21,24)(H,22,26). The summed E-state index contributed by atoms with van der Waals surface area (Å²) < 4.78 is 40.7. The Morgan fingerprint density at radius 3 is 2.81 bits per heavy atom. The molecular weight excluding hydrogens is 347 g/mol. The summed E-state index contributed by atoms with van der Waals surface area (Å²) in [5, 5.41) is 10.1. The highest BCUT2D eigenvalue weighted by Gasteiger charge is 2.37. The number of imidazole rings is 1. The van der Waals surface area contributed by atoms with Crippen molar-refractivity contribution in [2.45, 2.75) is 12.7 Å². The van der Waals surface area contributed by atoms with E-state index in [1.54, 1.807) is 36.5 Å². The van der Waals surface area contributed by atoms with E-state index < -0.39 is 24.5 Å². The van der Waals surface area contributed by atoms with Crippen LogP contribution in [0.3, 0.4) is 0 Å². The van der Waals surface area contributed by atoms with Crippen LogP contribution in [0.5, 0.6) is 0 Å². The molecule has 6 nitrogen and oxygen atoms in total. The Bertz CT molecular complexity index is 1110. The monoisotopic (exact) mass is 359 g/mol. The fourth-order valence-electron chi connectivity index (χ4n) is 2.82. The Morgan fingerprint density at radius 1 is 1.19 bits per heavy atom. The van der Waals surface area contributed by atoms with Crippen molar-refractivity contribution in [3.05, 3.63) is 54.5 Å². The second-order valence-corrected chi connectivity index (χ2v) is 5.73. The van der Waals surface area contributed by atoms with Gasteiger partial charge in [-0.1, -0.05) is 12.1 Å². The number of carbonyl (C=O) groups is 1. The number of aromatic amines is 1. The number of aromatic nitrogens is 4. The number of fused-ring (bicyclic) bond motifs is 2. The van der Waals surface area contributed by atoms with E-state index in [4.69, 9.17) is 0 Å². The summed E-state index contributed by atoms with van der Waals surface area (Å²) in [7, 11) is 0. The van der Waals surface area contributed by atoms with Gasteiger partial charge in [0.1, 0.15) is 6.54 Å². The van der Waals surface area contributed by atoms with Gasteiger partial charge in [0.15, 0.2) is 0 Å². The number of nitrogens with one attached hydrogen (secondary N) is 2. The van der Waals surface area contributed by atoms with Gasteiger partial charge in [-0.25, -0.2) is 4.98 Å². The van der Waals surface area contributed by atoms with Crippen molar-refractivity contribution in [1.29, 1.82) is 0 Å². The lowest BCUT2D eigenvalue weighted by Gasteiger charge is -2.11. The number of halogens is 3. The Labute approximate surface area is 144 Å². The molecule has 0 aliphatic carbocycles. The van der Waals surface area contributed by atoms with Crippen molar-refractivity contribution in [3.63, 3.8) is 0 Å². The first-order chi connectivity index (χ1) is 12.4. The molecule has 0 spiro atoms. The molecule has 26 heavy (non-hydrogen) atoms. The molecule has 0 atom stereocenters. The number of benzene rings is 2. The molecule has 0 fully saturated rings. The summed E-state index contributed by atoms with van der Waals surface area (Å²) in [4.78, 5) is 16.0. The van der Waals surface area contributed by atoms with E-state index in [9.17, 15) is 18.0 Å². The van der Waals surface area contributed by atoms with Crippen molar-refractivity contribution in [1.82, 2.24) is 19.7 Å². The van der Waals surface area contributed by atoms with E-state index in [0.29, 0.717) is 5.69 Å². The second-order valence-electron chi connectivity index (χ2n) is 5.73. The molecule has 2 N–H and O–H groups in total. The molecule has 2 aromatic carbocycles. The molecule has 132 valence electrons. The number of para-hydroxylation sites is 2. The van der Waals surface area contributed by atoms with Crippen LogP contribution in [0.2, 0.25) is 0 Å². The maximum absolute atomic E-state index is 13.3. The van der Waals surface area contributed by atoms with Crippen LogP contribution in [0.1, 0.15) is 5.82 Å². The van der Waals surface area contributed by atoms with E-state index in [0.717, 1.165) is 15.5 Å². The van der Waals surface area contributed by atoms with Gasteiger partial charge in [-0.2, -0.15) is 18.3 Å². The van der Waals surface area contributed by atoms with Gasteiger partial charge in [0.25, 0.3) is 0 Å². The van der Waals surface area contributed by atoms with Crippen LogP contribution in [-0.4, -0.2) is 25.7 Å². The number of H-pyrrole nitrogens is 1. The zero-order valence-electron chi connectivity index (χ0n) is 13.2. The van der Waals surface area contributed by atoms with Crippen molar-refractivity contribution >= 4 is 33.5 Å². The number of hydrogen-bond acceptors (Lipinski definition) is 3. The Hall–Kier alpha value is -3.36. The third-order valence-electron chi connectivity index (χ3n) is 3.93. The minimum atomic E-state index is -4.66. The molecule has 0 bridgehead atoms. The van der Waals surface area contributed by atoms with Crippen LogP contribution in [0.25, 0.3) is 21.9 Å². The third kappa shape index (κ3) is 2.87. The second kappa shape index (κ2) is 5.87. The van der Waals surface area contributed by atoms with Gasteiger partial charge in [0.2, 0.25) is 11.7 Å². The molecule has 2 aromatic heterocycles. The number of alkyl halides is 3. The molecule has 4 aromatic rings. The molecule has 0 aliphatic rings. The number of anilines is 1. The van der Waals surface area contributed by atoms with E-state index >= 15 is 0 Å². The highest BCUT2D eigenvalue weighted by Crippen LogP contribution is 2.31. The van der Waals surface area contributed by atoms with E-state index in [1.165, 1.54) is 12.1 Å². The van der Waals surface area contributed by atoms with Crippen LogP contribution >= 0.6 is 0 Å². The summed E-state index contributed by atoms with van der Waals surface area (Å²) in [6, 6.07) is 11.2. The van der Waals surface area contributed by atoms with Crippen LogP contribution in [0.15, 0.2) is 48.7 Å². The molecule has 0 saturated carbocycles. The fourth-order valence-corrected chi connectivity index (χ4v) is 2.82. The number of rotatable bonds is 3. The van der Waals surface area contributed by atoms with E-state index in [-0.39, 0.29) is 11.0 Å². The van der Waals surface area contributed by atoms with Crippen molar-refractivity contribution < 1.29 is 18.0 Å². The first-order valence-corrected chi connectivity index (χ1v) is 7.67. The molecular formula is C17H12F3N5O. The largest absolute Gasteiger partial charge is 0.449 e. The summed E-state index contributed by atoms with van der Waals surface area (Å²) >= 11 is 0. The smallest absolute Gasteiger partial charge is 0.325 e. The number of amides is 1. The first kappa shape index (κ1) is 16.1. The average molecular weight is 359 g/mol. The maximum atomic E-state index is 13.3. The number of nitrogens with zero attached hydrogens (tertiary/aromatic N) is 3. The fraction of sp³-hybridized carbons (Fsp3) is 0.118. The van der Waals surface area contributed by atoms with Gasteiger partial charge in [-0.15, -0.1) is 0 Å². The molecule has 0 unspecified atom stereocenters. The van der Waals surface area contributed by atoms with Gasteiger partial charge < -0.3 is 9.88 Å². The van der Waals surface area contributed by atoms with Gasteiger partial charge >= 0.3 is 6.18 Å². The summed E-state index contributed by atoms with van der Waals surface area (Å²) in [6.45, 7) is -0.501. The highest BCUT2D eigenvalue weighted by atomic mass is 19.4. The van der Waals surface area contributed by atoms with Crippen LogP contribution < -0.4 is 5.32 Å². The van der Waals surface area contributed by atoms with Gasteiger partial charge in [-0.3, -0.25) is 9.89 Å². The Balaban J connectivity index is 1.64. The first-order valence-electron chi connectivity index (χ1n) is 7.67. The lowest BCUT2D eigenvalue weighted by molar-refractivity contribution is -0.147. The van der Waals surface area contributed by atoms with Crippen LogP contribution in [0, 0.1) is 0 Å².